The van der Waals surface area contributed by atoms with Crippen LogP contribution in [0.3, 0.4) is 0 Å². The Labute approximate surface area is 138 Å². The summed E-state index contributed by atoms with van der Waals surface area (Å²) in [6, 6.07) is 7.93. The highest BCUT2D eigenvalue weighted by molar-refractivity contribution is 7.85. The van der Waals surface area contributed by atoms with Gasteiger partial charge in [0.25, 0.3) is 10.1 Å². The van der Waals surface area contributed by atoms with Crippen LogP contribution in [0.1, 0.15) is 11.1 Å². The van der Waals surface area contributed by atoms with Crippen LogP contribution in [-0.2, 0) is 27.5 Å². The predicted octanol–water partition coefficient (Wildman–Crippen LogP) is 3.03. The summed E-state index contributed by atoms with van der Waals surface area (Å²) in [5, 5.41) is 0. The van der Waals surface area contributed by atoms with Crippen LogP contribution in [0.25, 0.3) is 0 Å². The molecule has 0 atom stereocenters. The zero-order valence-corrected chi connectivity index (χ0v) is 13.9. The largest absolute Gasteiger partial charge is 0.493 e. The number of benzene rings is 2. The molecule has 0 aliphatic heterocycles. The maximum atomic E-state index is 13.6. The van der Waals surface area contributed by atoms with Crippen molar-refractivity contribution < 1.29 is 30.9 Å². The van der Waals surface area contributed by atoms with Crippen LogP contribution >= 0.6 is 0 Å². The minimum atomic E-state index is -3.55. The van der Waals surface area contributed by atoms with E-state index in [1.165, 1.54) is 13.2 Å². The molecule has 0 aliphatic carbocycles. The van der Waals surface area contributed by atoms with E-state index in [4.69, 9.17) is 13.7 Å². The van der Waals surface area contributed by atoms with Gasteiger partial charge < -0.3 is 9.47 Å². The topological polar surface area (TPSA) is 61.8 Å². The molecule has 2 aromatic rings. The van der Waals surface area contributed by atoms with Gasteiger partial charge in [-0.05, 0) is 29.8 Å². The third-order valence-electron chi connectivity index (χ3n) is 3.07. The Hall–Kier alpha value is -2.19. The molecule has 0 aliphatic rings. The van der Waals surface area contributed by atoms with E-state index in [2.05, 4.69) is 0 Å². The molecule has 2 aromatic carbocycles. The molecule has 0 saturated carbocycles. The summed E-state index contributed by atoms with van der Waals surface area (Å²) in [4.78, 5) is 0. The highest BCUT2D eigenvalue weighted by atomic mass is 32.2. The molecule has 130 valence electrons. The molecule has 0 heterocycles. The molecule has 24 heavy (non-hydrogen) atoms. The number of hydrogen-bond acceptors (Lipinski definition) is 5. The Morgan fingerprint density at radius 3 is 2.38 bits per heavy atom. The van der Waals surface area contributed by atoms with Crippen LogP contribution in [0.15, 0.2) is 36.4 Å². The van der Waals surface area contributed by atoms with Crippen molar-refractivity contribution in [3.8, 4) is 11.5 Å². The minimum Gasteiger partial charge on any atom is -0.493 e. The molecule has 8 heteroatoms. The van der Waals surface area contributed by atoms with Crippen molar-refractivity contribution in [1.29, 1.82) is 0 Å². The molecule has 0 saturated heterocycles. The van der Waals surface area contributed by atoms with Gasteiger partial charge in [-0.2, -0.15) is 8.42 Å². The maximum Gasteiger partial charge on any atom is 0.264 e. The van der Waals surface area contributed by atoms with E-state index in [0.717, 1.165) is 18.4 Å². The van der Waals surface area contributed by atoms with Gasteiger partial charge in [0.05, 0.1) is 20.0 Å². The Kier molecular flexibility index (Phi) is 5.74. The summed E-state index contributed by atoms with van der Waals surface area (Å²) in [6.45, 7) is -0.246. The van der Waals surface area contributed by atoms with Crippen LogP contribution in [0.5, 0.6) is 11.5 Å². The van der Waals surface area contributed by atoms with Gasteiger partial charge >= 0.3 is 0 Å². The van der Waals surface area contributed by atoms with Crippen molar-refractivity contribution >= 4 is 10.1 Å². The van der Waals surface area contributed by atoms with E-state index >= 15 is 0 Å². The second kappa shape index (κ2) is 7.59. The first kappa shape index (κ1) is 18.2. The smallest absolute Gasteiger partial charge is 0.264 e. The summed E-state index contributed by atoms with van der Waals surface area (Å²) >= 11 is 0. The standard InChI is InChI=1S/C16H16F2O5S/c1-21-16-7-11(9-23-24(2,19)20)3-6-15(16)22-10-12-4-5-13(17)8-14(12)18/h3-8H,9-10H2,1-2H3. The van der Waals surface area contributed by atoms with Crippen LogP contribution < -0.4 is 9.47 Å². The van der Waals surface area contributed by atoms with Gasteiger partial charge in [-0.1, -0.05) is 6.07 Å². The molecule has 5 nitrogen and oxygen atoms in total. The van der Waals surface area contributed by atoms with Gasteiger partial charge in [0.1, 0.15) is 18.2 Å². The molecule has 0 bridgehead atoms. The molecule has 0 N–H and O–H groups in total. The fraction of sp³-hybridized carbons (Fsp3) is 0.250. The zero-order chi connectivity index (χ0) is 17.7. The van der Waals surface area contributed by atoms with Crippen molar-refractivity contribution in [2.24, 2.45) is 0 Å². The fourth-order valence-electron chi connectivity index (χ4n) is 1.89. The average molecular weight is 358 g/mol. The SMILES string of the molecule is COc1cc(COS(C)(=O)=O)ccc1OCc1ccc(F)cc1F. The monoisotopic (exact) mass is 358 g/mol. The number of methoxy groups -OCH3 is 1. The third-order valence-corrected chi connectivity index (χ3v) is 3.61. The lowest BCUT2D eigenvalue weighted by Crippen LogP contribution is -2.04. The van der Waals surface area contributed by atoms with E-state index in [0.29, 0.717) is 17.1 Å². The lowest BCUT2D eigenvalue weighted by Gasteiger charge is -2.12. The first-order valence-electron chi connectivity index (χ1n) is 6.86. The summed E-state index contributed by atoms with van der Waals surface area (Å²) in [5.41, 5.74) is 0.764. The van der Waals surface area contributed by atoms with E-state index in [-0.39, 0.29) is 18.8 Å². The summed E-state index contributed by atoms with van der Waals surface area (Å²) in [5.74, 6) is -0.687. The number of halogens is 2. The molecular weight excluding hydrogens is 342 g/mol. The Bertz CT molecular complexity index is 821. The molecule has 0 amide bonds. The second-order valence-electron chi connectivity index (χ2n) is 4.98. The second-order valence-corrected chi connectivity index (χ2v) is 6.62. The lowest BCUT2D eigenvalue weighted by atomic mass is 10.2. The Balaban J connectivity index is 2.10. The van der Waals surface area contributed by atoms with E-state index in [9.17, 15) is 17.2 Å². The van der Waals surface area contributed by atoms with Gasteiger partial charge in [-0.25, -0.2) is 8.78 Å². The molecule has 0 aromatic heterocycles. The Morgan fingerprint density at radius 1 is 1.00 bits per heavy atom. The Morgan fingerprint density at radius 2 is 1.75 bits per heavy atom. The highest BCUT2D eigenvalue weighted by Gasteiger charge is 2.10. The molecule has 0 unspecified atom stereocenters. The van der Waals surface area contributed by atoms with Crippen molar-refractivity contribution in [2.75, 3.05) is 13.4 Å². The molecule has 0 radical (unpaired) electrons. The minimum absolute atomic E-state index is 0.109. The lowest BCUT2D eigenvalue weighted by molar-refractivity contribution is 0.277. The quantitative estimate of drug-likeness (QED) is 0.712. The van der Waals surface area contributed by atoms with Gasteiger partial charge in [-0.15, -0.1) is 0 Å². The summed E-state index contributed by atoms with van der Waals surface area (Å²) in [6.07, 6.45) is 0.957. The highest BCUT2D eigenvalue weighted by Crippen LogP contribution is 2.29. The first-order valence-corrected chi connectivity index (χ1v) is 8.68. The fourth-order valence-corrected chi connectivity index (χ4v) is 2.24. The summed E-state index contributed by atoms with van der Waals surface area (Å²) < 4.78 is 63.8. The maximum absolute atomic E-state index is 13.6. The van der Waals surface area contributed by atoms with Crippen molar-refractivity contribution in [1.82, 2.24) is 0 Å². The zero-order valence-electron chi connectivity index (χ0n) is 13.1. The number of rotatable bonds is 7. The molecule has 0 fully saturated rings. The van der Waals surface area contributed by atoms with Crippen molar-refractivity contribution in [2.45, 2.75) is 13.2 Å². The average Bonchev–Trinajstić information content (AvgIpc) is 2.51. The van der Waals surface area contributed by atoms with Crippen LogP contribution in [0.2, 0.25) is 0 Å². The van der Waals surface area contributed by atoms with Gasteiger partial charge in [0.2, 0.25) is 0 Å². The van der Waals surface area contributed by atoms with Crippen molar-refractivity contribution in [3.63, 3.8) is 0 Å². The van der Waals surface area contributed by atoms with E-state index in [1.807, 2.05) is 0 Å². The first-order chi connectivity index (χ1) is 11.3. The number of ether oxygens (including phenoxy) is 2. The van der Waals surface area contributed by atoms with Crippen LogP contribution in [0.4, 0.5) is 8.78 Å². The van der Waals surface area contributed by atoms with Gasteiger partial charge in [-0.3, -0.25) is 4.18 Å². The molecular formula is C16H16F2O5S. The molecule has 0 spiro atoms. The number of hydrogen-bond donors (Lipinski definition) is 0. The normalized spacial score (nSPS) is 11.3. The summed E-state index contributed by atoms with van der Waals surface area (Å²) in [7, 11) is -2.13. The van der Waals surface area contributed by atoms with E-state index < -0.39 is 21.8 Å². The van der Waals surface area contributed by atoms with Gasteiger partial charge in [0, 0.05) is 11.6 Å². The van der Waals surface area contributed by atoms with Crippen LogP contribution in [0, 0.1) is 11.6 Å². The van der Waals surface area contributed by atoms with Crippen molar-refractivity contribution in [3.05, 3.63) is 59.2 Å². The predicted molar refractivity (Wildman–Crippen MR) is 83.3 cm³/mol. The third kappa shape index (κ3) is 5.17. The van der Waals surface area contributed by atoms with Gasteiger partial charge in [0.15, 0.2) is 11.5 Å². The van der Waals surface area contributed by atoms with E-state index in [1.54, 1.807) is 18.2 Å². The molecule has 2 rings (SSSR count). The van der Waals surface area contributed by atoms with Crippen LogP contribution in [-0.4, -0.2) is 21.8 Å².